The van der Waals surface area contributed by atoms with Crippen LogP contribution < -0.4 is 10.2 Å². The Morgan fingerprint density at radius 1 is 1.35 bits per heavy atom. The second-order valence-electron chi connectivity index (χ2n) is 4.86. The molecule has 0 aliphatic heterocycles. The van der Waals surface area contributed by atoms with E-state index in [1.165, 1.54) is 22.6 Å². The maximum Gasteiger partial charge on any atom is 0.336 e. The molecule has 0 bridgehead atoms. The normalized spacial score (nSPS) is 10.3. The summed E-state index contributed by atoms with van der Waals surface area (Å²) in [6.45, 7) is 2.71. The van der Waals surface area contributed by atoms with Crippen LogP contribution in [0.4, 0.5) is 11.4 Å². The molecule has 0 saturated heterocycles. The summed E-state index contributed by atoms with van der Waals surface area (Å²) in [7, 11) is 4.04. The molecule has 106 valence electrons. The molecule has 20 heavy (non-hydrogen) atoms. The Morgan fingerprint density at radius 2 is 2.10 bits per heavy atom. The second kappa shape index (κ2) is 5.96. The van der Waals surface area contributed by atoms with Crippen LogP contribution in [0.1, 0.15) is 20.8 Å². The maximum absolute atomic E-state index is 10.8. The zero-order valence-electron chi connectivity index (χ0n) is 11.8. The SMILES string of the molecule is Cc1ccc(NCc2cc(C(=O)O)cs2)cc1N(C)C. The average Bonchev–Trinajstić information content (AvgIpc) is 2.86. The van der Waals surface area contributed by atoms with E-state index in [0.717, 1.165) is 10.6 Å². The van der Waals surface area contributed by atoms with Gasteiger partial charge in [-0.2, -0.15) is 0 Å². The molecule has 0 aliphatic carbocycles. The van der Waals surface area contributed by atoms with E-state index in [2.05, 4.69) is 29.3 Å². The number of hydrogen-bond acceptors (Lipinski definition) is 4. The first-order valence-corrected chi connectivity index (χ1v) is 7.18. The molecule has 1 aromatic heterocycles. The molecule has 0 amide bonds. The first-order valence-electron chi connectivity index (χ1n) is 6.30. The van der Waals surface area contributed by atoms with Crippen LogP contribution in [-0.4, -0.2) is 25.2 Å². The molecule has 2 rings (SSSR count). The van der Waals surface area contributed by atoms with Crippen molar-refractivity contribution in [2.75, 3.05) is 24.3 Å². The molecule has 4 nitrogen and oxygen atoms in total. The van der Waals surface area contributed by atoms with Gasteiger partial charge >= 0.3 is 5.97 Å². The van der Waals surface area contributed by atoms with E-state index >= 15 is 0 Å². The molecule has 0 aliphatic rings. The van der Waals surface area contributed by atoms with Crippen LogP contribution in [0, 0.1) is 6.92 Å². The Bertz CT molecular complexity index is 620. The quantitative estimate of drug-likeness (QED) is 0.886. The number of aromatic carboxylic acids is 1. The van der Waals surface area contributed by atoms with Gasteiger partial charge in [0.2, 0.25) is 0 Å². The predicted octanol–water partition coefficient (Wildman–Crippen LogP) is 3.43. The fourth-order valence-corrected chi connectivity index (χ4v) is 2.77. The third-order valence-electron chi connectivity index (χ3n) is 3.06. The lowest BCUT2D eigenvalue weighted by Gasteiger charge is -2.17. The highest BCUT2D eigenvalue weighted by Gasteiger charge is 2.07. The minimum Gasteiger partial charge on any atom is -0.478 e. The summed E-state index contributed by atoms with van der Waals surface area (Å²) in [6.07, 6.45) is 0. The van der Waals surface area contributed by atoms with Crippen molar-refractivity contribution >= 4 is 28.7 Å². The van der Waals surface area contributed by atoms with E-state index in [9.17, 15) is 4.79 Å². The predicted molar refractivity (Wildman–Crippen MR) is 84.1 cm³/mol. The zero-order chi connectivity index (χ0) is 14.7. The van der Waals surface area contributed by atoms with Crippen LogP contribution in [0.5, 0.6) is 0 Å². The standard InChI is InChI=1S/C15H18N2O2S/c1-10-4-5-12(7-14(10)17(2)3)16-8-13-6-11(9-20-13)15(18)19/h4-7,9,16H,8H2,1-3H3,(H,18,19). The molecule has 0 unspecified atom stereocenters. The third kappa shape index (κ3) is 3.30. The fourth-order valence-electron chi connectivity index (χ4n) is 1.98. The number of carboxylic acid groups (broad SMARTS) is 1. The number of nitrogens with zero attached hydrogens (tertiary/aromatic N) is 1. The van der Waals surface area contributed by atoms with Crippen molar-refractivity contribution in [3.63, 3.8) is 0 Å². The topological polar surface area (TPSA) is 52.6 Å². The molecule has 0 saturated carbocycles. The molecule has 0 spiro atoms. The Hall–Kier alpha value is -2.01. The molecule has 2 N–H and O–H groups in total. The van der Waals surface area contributed by atoms with Gasteiger partial charge in [-0.3, -0.25) is 0 Å². The number of carbonyl (C=O) groups is 1. The van der Waals surface area contributed by atoms with Gasteiger partial charge in [-0.1, -0.05) is 6.07 Å². The van der Waals surface area contributed by atoms with Gasteiger partial charge in [-0.25, -0.2) is 4.79 Å². The fraction of sp³-hybridized carbons (Fsp3) is 0.267. The van der Waals surface area contributed by atoms with Crippen molar-refractivity contribution in [1.29, 1.82) is 0 Å². The van der Waals surface area contributed by atoms with Crippen molar-refractivity contribution < 1.29 is 9.90 Å². The Labute approximate surface area is 122 Å². The van der Waals surface area contributed by atoms with Gasteiger partial charge in [0.05, 0.1) is 5.56 Å². The number of thiophene rings is 1. The lowest BCUT2D eigenvalue weighted by Crippen LogP contribution is -2.10. The van der Waals surface area contributed by atoms with E-state index in [-0.39, 0.29) is 0 Å². The summed E-state index contributed by atoms with van der Waals surface area (Å²) in [5.74, 6) is -0.877. The van der Waals surface area contributed by atoms with Crippen LogP contribution in [0.15, 0.2) is 29.6 Å². The smallest absolute Gasteiger partial charge is 0.336 e. The number of aryl methyl sites for hydroxylation is 1. The Morgan fingerprint density at radius 3 is 2.70 bits per heavy atom. The maximum atomic E-state index is 10.8. The molecular weight excluding hydrogens is 272 g/mol. The summed E-state index contributed by atoms with van der Waals surface area (Å²) in [4.78, 5) is 13.9. The van der Waals surface area contributed by atoms with Crippen molar-refractivity contribution in [2.45, 2.75) is 13.5 Å². The minimum atomic E-state index is -0.877. The largest absolute Gasteiger partial charge is 0.478 e. The highest BCUT2D eigenvalue weighted by Crippen LogP contribution is 2.23. The first-order chi connectivity index (χ1) is 9.47. The van der Waals surface area contributed by atoms with E-state index in [0.29, 0.717) is 12.1 Å². The number of anilines is 2. The number of nitrogens with one attached hydrogen (secondary N) is 1. The van der Waals surface area contributed by atoms with Gasteiger partial charge in [0, 0.05) is 42.3 Å². The summed E-state index contributed by atoms with van der Waals surface area (Å²) in [5, 5.41) is 13.9. The van der Waals surface area contributed by atoms with Gasteiger partial charge in [0.15, 0.2) is 0 Å². The van der Waals surface area contributed by atoms with Gasteiger partial charge < -0.3 is 15.3 Å². The Balaban J connectivity index is 2.06. The number of rotatable bonds is 5. The molecule has 0 atom stereocenters. The van der Waals surface area contributed by atoms with Gasteiger partial charge in [-0.15, -0.1) is 11.3 Å². The zero-order valence-corrected chi connectivity index (χ0v) is 12.6. The molecule has 5 heteroatoms. The van der Waals surface area contributed by atoms with Gasteiger partial charge in [0.1, 0.15) is 0 Å². The van der Waals surface area contributed by atoms with Crippen molar-refractivity contribution in [3.8, 4) is 0 Å². The van der Waals surface area contributed by atoms with Crippen molar-refractivity contribution in [1.82, 2.24) is 0 Å². The molecule has 2 aromatic rings. The molecule has 0 fully saturated rings. The van der Waals surface area contributed by atoms with Crippen LogP contribution >= 0.6 is 11.3 Å². The van der Waals surface area contributed by atoms with Gasteiger partial charge in [-0.05, 0) is 30.7 Å². The van der Waals surface area contributed by atoms with E-state index < -0.39 is 5.97 Å². The molecule has 0 radical (unpaired) electrons. The van der Waals surface area contributed by atoms with Crippen LogP contribution in [-0.2, 0) is 6.54 Å². The minimum absolute atomic E-state index is 0.352. The lowest BCUT2D eigenvalue weighted by molar-refractivity contribution is 0.0697. The van der Waals surface area contributed by atoms with E-state index in [1.54, 1.807) is 11.4 Å². The summed E-state index contributed by atoms with van der Waals surface area (Å²) >= 11 is 1.46. The third-order valence-corrected chi connectivity index (χ3v) is 4.00. The molecule has 1 aromatic carbocycles. The highest BCUT2D eigenvalue weighted by molar-refractivity contribution is 7.10. The van der Waals surface area contributed by atoms with Crippen LogP contribution in [0.2, 0.25) is 0 Å². The molecular formula is C15H18N2O2S. The average molecular weight is 290 g/mol. The number of carboxylic acids is 1. The first kappa shape index (κ1) is 14.4. The Kier molecular flexibility index (Phi) is 4.29. The number of hydrogen-bond donors (Lipinski definition) is 2. The second-order valence-corrected chi connectivity index (χ2v) is 5.85. The monoisotopic (exact) mass is 290 g/mol. The summed E-state index contributed by atoms with van der Waals surface area (Å²) < 4.78 is 0. The van der Waals surface area contributed by atoms with Crippen LogP contribution in [0.3, 0.4) is 0 Å². The molecule has 1 heterocycles. The highest BCUT2D eigenvalue weighted by atomic mass is 32.1. The van der Waals surface area contributed by atoms with Crippen molar-refractivity contribution in [2.24, 2.45) is 0 Å². The summed E-state index contributed by atoms with van der Waals surface area (Å²) in [5.41, 5.74) is 3.78. The lowest BCUT2D eigenvalue weighted by atomic mass is 10.1. The van der Waals surface area contributed by atoms with E-state index in [4.69, 9.17) is 5.11 Å². The van der Waals surface area contributed by atoms with E-state index in [1.807, 2.05) is 20.2 Å². The van der Waals surface area contributed by atoms with Gasteiger partial charge in [0.25, 0.3) is 0 Å². The van der Waals surface area contributed by atoms with Crippen molar-refractivity contribution in [3.05, 3.63) is 45.6 Å². The number of benzene rings is 1. The summed E-state index contributed by atoms with van der Waals surface area (Å²) in [6, 6.07) is 7.92. The van der Waals surface area contributed by atoms with Crippen LogP contribution in [0.25, 0.3) is 0 Å².